The molecule has 1 atom stereocenters. The van der Waals surface area contributed by atoms with E-state index in [0.29, 0.717) is 5.70 Å². The highest BCUT2D eigenvalue weighted by Crippen LogP contribution is 2.34. The van der Waals surface area contributed by atoms with Gasteiger partial charge in [0.05, 0.1) is 4.92 Å². The summed E-state index contributed by atoms with van der Waals surface area (Å²) in [5.41, 5.74) is 2.57. The Hall–Kier alpha value is -1.32. The zero-order valence-corrected chi connectivity index (χ0v) is 21.5. The Morgan fingerprint density at radius 1 is 0.871 bits per heavy atom. The molecule has 1 aliphatic rings. The van der Waals surface area contributed by atoms with E-state index in [-0.39, 0.29) is 16.5 Å². The van der Waals surface area contributed by atoms with Crippen LogP contribution in [-0.4, -0.2) is 21.4 Å². The first-order chi connectivity index (χ1) is 14.7. The summed E-state index contributed by atoms with van der Waals surface area (Å²) in [5, 5.41) is 11.6. The van der Waals surface area contributed by atoms with Crippen molar-refractivity contribution >= 4 is 0 Å². The molecule has 1 rings (SSSR count). The molecule has 1 aliphatic heterocycles. The van der Waals surface area contributed by atoms with E-state index in [1.54, 1.807) is 0 Å². The van der Waals surface area contributed by atoms with Gasteiger partial charge in [-0.15, -0.1) is 0 Å². The van der Waals surface area contributed by atoms with Crippen molar-refractivity contribution in [3.8, 4) is 0 Å². The maximum Gasteiger partial charge on any atom is 0.268 e. The predicted molar refractivity (Wildman–Crippen MR) is 134 cm³/mol. The highest BCUT2D eigenvalue weighted by Gasteiger charge is 2.37. The molecule has 180 valence electrons. The zero-order valence-electron chi connectivity index (χ0n) is 21.5. The van der Waals surface area contributed by atoms with Crippen LogP contribution < -0.4 is 0 Å². The quantitative estimate of drug-likeness (QED) is 0.138. The van der Waals surface area contributed by atoms with Gasteiger partial charge in [-0.1, -0.05) is 90.4 Å². The summed E-state index contributed by atoms with van der Waals surface area (Å²) in [6.45, 7) is 12.8. The summed E-state index contributed by atoms with van der Waals surface area (Å²) in [7, 11) is 0. The van der Waals surface area contributed by atoms with Crippen molar-refractivity contribution in [3.05, 3.63) is 33.2 Å². The Kier molecular flexibility index (Phi) is 13.1. The molecule has 0 N–H and O–H groups in total. The minimum absolute atomic E-state index is 0.125. The summed E-state index contributed by atoms with van der Waals surface area (Å²) >= 11 is 0. The molecule has 0 radical (unpaired) electrons. The minimum atomic E-state index is -0.193. The number of unbranched alkanes of at least 4 members (excludes halogenated alkanes) is 13. The molecule has 0 bridgehead atoms. The molecule has 0 spiro atoms. The topological polar surface area (TPSA) is 46.4 Å². The monoisotopic (exact) mass is 434 g/mol. The van der Waals surface area contributed by atoms with Crippen molar-refractivity contribution in [1.82, 2.24) is 4.90 Å². The SMILES string of the molecule is CCCCCCCCCCCCCCCCC1=C(C)N(C(C)(C)C)C(C)C([N+](=O)[O-])=C1. The van der Waals surface area contributed by atoms with E-state index in [9.17, 15) is 10.1 Å². The van der Waals surface area contributed by atoms with Crippen LogP contribution in [0.3, 0.4) is 0 Å². The molecular weight excluding hydrogens is 384 g/mol. The van der Waals surface area contributed by atoms with Gasteiger partial charge in [0.2, 0.25) is 0 Å². The summed E-state index contributed by atoms with van der Waals surface area (Å²) < 4.78 is 0. The van der Waals surface area contributed by atoms with E-state index in [4.69, 9.17) is 0 Å². The first kappa shape index (κ1) is 27.7. The van der Waals surface area contributed by atoms with Crippen molar-refractivity contribution in [2.45, 2.75) is 149 Å². The van der Waals surface area contributed by atoms with Gasteiger partial charge >= 0.3 is 0 Å². The van der Waals surface area contributed by atoms with Crippen molar-refractivity contribution in [3.63, 3.8) is 0 Å². The van der Waals surface area contributed by atoms with Crippen LogP contribution in [0.4, 0.5) is 0 Å². The minimum Gasteiger partial charge on any atom is -0.357 e. The van der Waals surface area contributed by atoms with Gasteiger partial charge in [-0.3, -0.25) is 10.1 Å². The van der Waals surface area contributed by atoms with Gasteiger partial charge in [-0.2, -0.15) is 0 Å². The van der Waals surface area contributed by atoms with Crippen LogP contribution in [0, 0.1) is 10.1 Å². The summed E-state index contributed by atoms with van der Waals surface area (Å²) in [4.78, 5) is 13.6. The largest absolute Gasteiger partial charge is 0.357 e. The summed E-state index contributed by atoms with van der Waals surface area (Å²) in [5.74, 6) is 0. The highest BCUT2D eigenvalue weighted by molar-refractivity contribution is 5.33. The lowest BCUT2D eigenvalue weighted by molar-refractivity contribution is -0.433. The Bertz CT molecular complexity index is 587. The first-order valence-corrected chi connectivity index (χ1v) is 13.0. The van der Waals surface area contributed by atoms with Crippen LogP contribution in [0.2, 0.25) is 0 Å². The number of rotatable bonds is 16. The van der Waals surface area contributed by atoms with Gasteiger partial charge in [-0.25, -0.2) is 0 Å². The lowest BCUT2D eigenvalue weighted by Crippen LogP contribution is -2.49. The molecule has 0 amide bonds. The average Bonchev–Trinajstić information content (AvgIpc) is 2.68. The second-order valence-corrected chi connectivity index (χ2v) is 10.5. The van der Waals surface area contributed by atoms with Gasteiger partial charge in [-0.05, 0) is 53.0 Å². The Morgan fingerprint density at radius 2 is 1.29 bits per heavy atom. The molecule has 0 saturated heterocycles. The molecule has 0 aromatic heterocycles. The van der Waals surface area contributed by atoms with E-state index in [0.717, 1.165) is 18.4 Å². The number of nitrogens with zero attached hydrogens (tertiary/aromatic N) is 2. The van der Waals surface area contributed by atoms with Crippen LogP contribution in [-0.2, 0) is 0 Å². The third-order valence-electron chi connectivity index (χ3n) is 6.70. The van der Waals surface area contributed by atoms with E-state index in [2.05, 4.69) is 39.5 Å². The van der Waals surface area contributed by atoms with Gasteiger partial charge in [0.1, 0.15) is 6.04 Å². The number of allylic oxidation sites excluding steroid dienone is 3. The normalized spacial score (nSPS) is 17.3. The van der Waals surface area contributed by atoms with Crippen molar-refractivity contribution in [2.75, 3.05) is 0 Å². The lowest BCUT2D eigenvalue weighted by Gasteiger charge is -2.44. The Labute approximate surface area is 192 Å². The van der Waals surface area contributed by atoms with Crippen LogP contribution in [0.1, 0.15) is 138 Å². The Morgan fingerprint density at radius 3 is 1.68 bits per heavy atom. The van der Waals surface area contributed by atoms with E-state index in [1.807, 2.05) is 13.0 Å². The van der Waals surface area contributed by atoms with E-state index >= 15 is 0 Å². The van der Waals surface area contributed by atoms with Crippen molar-refractivity contribution < 1.29 is 4.92 Å². The standard InChI is InChI=1S/C27H50N2O2/c1-7-8-9-10-11-12-13-14-15-16-17-18-19-20-21-25-22-26(29(30)31)24(3)28(23(25)2)27(4,5)6/h22,24H,7-21H2,1-6H3. The summed E-state index contributed by atoms with van der Waals surface area (Å²) in [6.07, 6.45) is 21.7. The second-order valence-electron chi connectivity index (χ2n) is 10.5. The molecule has 31 heavy (non-hydrogen) atoms. The Balaban J connectivity index is 2.26. The lowest BCUT2D eigenvalue weighted by atomic mass is 9.92. The molecule has 0 aromatic rings. The van der Waals surface area contributed by atoms with Crippen LogP contribution in [0.5, 0.6) is 0 Å². The molecule has 4 heteroatoms. The molecule has 1 unspecified atom stereocenters. The average molecular weight is 435 g/mol. The van der Waals surface area contributed by atoms with Crippen LogP contribution in [0.25, 0.3) is 0 Å². The molecule has 0 fully saturated rings. The maximum absolute atomic E-state index is 11.6. The summed E-state index contributed by atoms with van der Waals surface area (Å²) in [6, 6.07) is -0.185. The fraction of sp³-hybridized carbons (Fsp3) is 0.852. The third-order valence-corrected chi connectivity index (χ3v) is 6.70. The first-order valence-electron chi connectivity index (χ1n) is 13.0. The van der Waals surface area contributed by atoms with E-state index in [1.165, 1.54) is 89.2 Å². The molecule has 0 aliphatic carbocycles. The molecule has 0 aromatic carbocycles. The van der Waals surface area contributed by atoms with E-state index < -0.39 is 0 Å². The predicted octanol–water partition coefficient (Wildman–Crippen LogP) is 8.80. The maximum atomic E-state index is 11.6. The second kappa shape index (κ2) is 14.7. The van der Waals surface area contributed by atoms with Crippen LogP contribution >= 0.6 is 0 Å². The fourth-order valence-corrected chi connectivity index (χ4v) is 5.03. The molecular formula is C27H50N2O2. The number of nitro groups is 1. The molecule has 1 heterocycles. The van der Waals surface area contributed by atoms with Gasteiger partial charge in [0, 0.05) is 17.3 Å². The van der Waals surface area contributed by atoms with Crippen molar-refractivity contribution in [1.29, 1.82) is 0 Å². The number of hydrogen-bond donors (Lipinski definition) is 0. The highest BCUT2D eigenvalue weighted by atomic mass is 16.6. The molecule has 0 saturated carbocycles. The fourth-order valence-electron chi connectivity index (χ4n) is 5.03. The number of hydrogen-bond acceptors (Lipinski definition) is 3. The third kappa shape index (κ3) is 10.2. The van der Waals surface area contributed by atoms with Gasteiger partial charge < -0.3 is 4.90 Å². The van der Waals surface area contributed by atoms with Gasteiger partial charge in [0.25, 0.3) is 5.70 Å². The zero-order chi connectivity index (χ0) is 23.3. The van der Waals surface area contributed by atoms with Crippen LogP contribution in [0.15, 0.2) is 23.0 Å². The smallest absolute Gasteiger partial charge is 0.268 e. The van der Waals surface area contributed by atoms with Gasteiger partial charge in [0.15, 0.2) is 0 Å². The van der Waals surface area contributed by atoms with Crippen molar-refractivity contribution in [2.24, 2.45) is 0 Å². The molecule has 4 nitrogen and oxygen atoms in total.